The number of amides is 1. The number of rotatable bonds is 4. The standard InChI is InChI=1S/C21H19ClF3N7OS/c1-29-11-13(10-26-29)12-30-4-6-31(7-5-30)20(33)18-17(22)19-27-14(15-3-2-8-34-15)9-16(21(23,24)25)32(19)28-18/h2-3,8-11H,4-7,12H2,1H3. The Kier molecular flexibility index (Phi) is 5.82. The second-order valence-corrected chi connectivity index (χ2v) is 9.32. The van der Waals surface area contributed by atoms with E-state index >= 15 is 0 Å². The summed E-state index contributed by atoms with van der Waals surface area (Å²) in [5.41, 5.74) is -0.275. The molecule has 0 atom stereocenters. The fraction of sp³-hybridized carbons (Fsp3) is 0.333. The molecule has 13 heteroatoms. The van der Waals surface area contributed by atoms with Crippen molar-refractivity contribution in [2.45, 2.75) is 12.7 Å². The van der Waals surface area contributed by atoms with E-state index in [1.54, 1.807) is 33.3 Å². The van der Waals surface area contributed by atoms with Gasteiger partial charge in [-0.2, -0.15) is 23.4 Å². The summed E-state index contributed by atoms with van der Waals surface area (Å²) in [6.07, 6.45) is -0.978. The van der Waals surface area contributed by atoms with Gasteiger partial charge in [0.05, 0.1) is 16.8 Å². The van der Waals surface area contributed by atoms with Gasteiger partial charge in [-0.15, -0.1) is 11.3 Å². The van der Waals surface area contributed by atoms with Crippen molar-refractivity contribution in [1.82, 2.24) is 34.2 Å². The number of alkyl halides is 3. The third kappa shape index (κ3) is 4.28. The lowest BCUT2D eigenvalue weighted by atomic mass is 10.2. The van der Waals surface area contributed by atoms with Gasteiger partial charge < -0.3 is 4.90 Å². The zero-order valence-corrected chi connectivity index (χ0v) is 19.5. The van der Waals surface area contributed by atoms with Crippen LogP contribution in [-0.4, -0.2) is 66.3 Å². The Bertz CT molecular complexity index is 1340. The van der Waals surface area contributed by atoms with Gasteiger partial charge in [-0.3, -0.25) is 14.4 Å². The summed E-state index contributed by atoms with van der Waals surface area (Å²) in [5.74, 6) is -0.512. The lowest BCUT2D eigenvalue weighted by Crippen LogP contribution is -2.48. The lowest BCUT2D eigenvalue weighted by molar-refractivity contribution is -0.142. The molecule has 5 heterocycles. The monoisotopic (exact) mass is 509 g/mol. The summed E-state index contributed by atoms with van der Waals surface area (Å²) in [5, 5.41) is 9.67. The van der Waals surface area contributed by atoms with E-state index < -0.39 is 17.8 Å². The Hall–Kier alpha value is -2.96. The first-order chi connectivity index (χ1) is 16.2. The van der Waals surface area contributed by atoms with Crippen molar-refractivity contribution in [2.75, 3.05) is 26.2 Å². The van der Waals surface area contributed by atoms with E-state index in [4.69, 9.17) is 11.6 Å². The number of piperazine rings is 1. The Morgan fingerprint density at radius 3 is 2.62 bits per heavy atom. The van der Waals surface area contributed by atoms with Crippen LogP contribution in [0.25, 0.3) is 16.2 Å². The van der Waals surface area contributed by atoms with Crippen molar-refractivity contribution in [3.8, 4) is 10.6 Å². The molecule has 4 aromatic heterocycles. The topological polar surface area (TPSA) is 71.6 Å². The summed E-state index contributed by atoms with van der Waals surface area (Å²) in [7, 11) is 1.85. The summed E-state index contributed by atoms with van der Waals surface area (Å²) in [6, 6.07) is 4.32. The molecule has 0 aliphatic carbocycles. The van der Waals surface area contributed by atoms with Crippen LogP contribution in [0.5, 0.6) is 0 Å². The maximum atomic E-state index is 13.8. The van der Waals surface area contributed by atoms with Gasteiger partial charge in [-0.05, 0) is 17.5 Å². The molecular formula is C21H19ClF3N7OS. The fourth-order valence-corrected chi connectivity index (χ4v) is 4.88. The van der Waals surface area contributed by atoms with E-state index in [1.807, 2.05) is 13.2 Å². The molecule has 1 amide bonds. The highest BCUT2D eigenvalue weighted by Gasteiger charge is 2.37. The molecule has 0 radical (unpaired) electrons. The molecule has 0 aromatic carbocycles. The summed E-state index contributed by atoms with van der Waals surface area (Å²) < 4.78 is 43.8. The zero-order chi connectivity index (χ0) is 24.0. The first-order valence-electron chi connectivity index (χ1n) is 10.4. The lowest BCUT2D eigenvalue weighted by Gasteiger charge is -2.34. The third-order valence-electron chi connectivity index (χ3n) is 5.62. The average Bonchev–Trinajstić information content (AvgIpc) is 3.54. The van der Waals surface area contributed by atoms with Gasteiger partial charge in [0.15, 0.2) is 17.0 Å². The molecule has 5 rings (SSSR count). The first kappa shape index (κ1) is 22.8. The van der Waals surface area contributed by atoms with Crippen LogP contribution in [0.3, 0.4) is 0 Å². The molecule has 178 valence electrons. The second-order valence-electron chi connectivity index (χ2n) is 7.99. The highest BCUT2D eigenvalue weighted by Crippen LogP contribution is 2.35. The van der Waals surface area contributed by atoms with Crippen molar-refractivity contribution in [2.24, 2.45) is 7.05 Å². The molecule has 1 saturated heterocycles. The molecule has 0 saturated carbocycles. The van der Waals surface area contributed by atoms with Crippen molar-refractivity contribution in [3.05, 3.63) is 57.9 Å². The van der Waals surface area contributed by atoms with Gasteiger partial charge in [-0.25, -0.2) is 9.50 Å². The number of aryl methyl sites for hydroxylation is 1. The number of halogens is 4. The molecule has 1 fully saturated rings. The summed E-state index contributed by atoms with van der Waals surface area (Å²) in [4.78, 5) is 21.8. The van der Waals surface area contributed by atoms with Crippen LogP contribution in [0.4, 0.5) is 13.2 Å². The molecule has 1 aliphatic heterocycles. The van der Waals surface area contributed by atoms with E-state index in [1.165, 1.54) is 11.3 Å². The number of aromatic nitrogens is 5. The molecule has 0 spiro atoms. The van der Waals surface area contributed by atoms with Gasteiger partial charge in [0.2, 0.25) is 0 Å². The molecule has 8 nitrogen and oxygen atoms in total. The minimum Gasteiger partial charge on any atom is -0.335 e. The van der Waals surface area contributed by atoms with Crippen LogP contribution in [-0.2, 0) is 19.8 Å². The quantitative estimate of drug-likeness (QED) is 0.418. The van der Waals surface area contributed by atoms with Crippen LogP contribution < -0.4 is 0 Å². The number of nitrogens with zero attached hydrogens (tertiary/aromatic N) is 7. The number of thiophene rings is 1. The largest absolute Gasteiger partial charge is 0.433 e. The fourth-order valence-electron chi connectivity index (χ4n) is 3.95. The number of hydrogen-bond donors (Lipinski definition) is 0. The summed E-state index contributed by atoms with van der Waals surface area (Å²) >= 11 is 7.65. The van der Waals surface area contributed by atoms with Crippen LogP contribution >= 0.6 is 22.9 Å². The molecule has 0 bridgehead atoms. The molecule has 0 N–H and O–H groups in total. The predicted octanol–water partition coefficient (Wildman–Crippen LogP) is 3.82. The van der Waals surface area contributed by atoms with Crippen LogP contribution in [0, 0.1) is 0 Å². The van der Waals surface area contributed by atoms with E-state index in [0.717, 1.165) is 11.6 Å². The van der Waals surface area contributed by atoms with Crippen molar-refractivity contribution < 1.29 is 18.0 Å². The van der Waals surface area contributed by atoms with Gasteiger partial charge in [0.25, 0.3) is 5.91 Å². The van der Waals surface area contributed by atoms with E-state index in [0.29, 0.717) is 42.1 Å². The molecule has 0 unspecified atom stereocenters. The van der Waals surface area contributed by atoms with E-state index in [-0.39, 0.29) is 22.1 Å². The Labute approximate surface area is 201 Å². The Morgan fingerprint density at radius 2 is 2.00 bits per heavy atom. The SMILES string of the molecule is Cn1cc(CN2CCN(C(=O)c3nn4c(C(F)(F)F)cc(-c5cccs5)nc4c3Cl)CC2)cn1. The number of fused-ring (bicyclic) bond motifs is 1. The second kappa shape index (κ2) is 8.67. The highest BCUT2D eigenvalue weighted by molar-refractivity contribution is 7.13. The maximum absolute atomic E-state index is 13.8. The van der Waals surface area contributed by atoms with Crippen LogP contribution in [0.15, 0.2) is 36.0 Å². The van der Waals surface area contributed by atoms with Crippen LogP contribution in [0.2, 0.25) is 5.02 Å². The normalized spacial score (nSPS) is 15.4. The van der Waals surface area contributed by atoms with E-state index in [9.17, 15) is 18.0 Å². The third-order valence-corrected chi connectivity index (χ3v) is 6.86. The van der Waals surface area contributed by atoms with Crippen LogP contribution in [0.1, 0.15) is 21.7 Å². The smallest absolute Gasteiger partial charge is 0.335 e. The van der Waals surface area contributed by atoms with E-state index in [2.05, 4.69) is 20.1 Å². The van der Waals surface area contributed by atoms with Gasteiger partial charge in [0, 0.05) is 51.5 Å². The predicted molar refractivity (Wildman–Crippen MR) is 121 cm³/mol. The van der Waals surface area contributed by atoms with Gasteiger partial charge in [-0.1, -0.05) is 17.7 Å². The average molecular weight is 510 g/mol. The maximum Gasteiger partial charge on any atom is 0.433 e. The Morgan fingerprint density at radius 1 is 1.24 bits per heavy atom. The number of carbonyl (C=O) groups excluding carboxylic acids is 1. The summed E-state index contributed by atoms with van der Waals surface area (Å²) in [6.45, 7) is 2.74. The Balaban J connectivity index is 1.41. The first-order valence-corrected chi connectivity index (χ1v) is 11.7. The van der Waals surface area contributed by atoms with Gasteiger partial charge >= 0.3 is 6.18 Å². The number of carbonyl (C=O) groups is 1. The molecule has 4 aromatic rings. The molecule has 34 heavy (non-hydrogen) atoms. The van der Waals surface area contributed by atoms with Crippen molar-refractivity contribution in [1.29, 1.82) is 0 Å². The zero-order valence-electron chi connectivity index (χ0n) is 18.0. The minimum atomic E-state index is -4.71. The molecule has 1 aliphatic rings. The van der Waals surface area contributed by atoms with Crippen molar-refractivity contribution >= 4 is 34.5 Å². The molecular weight excluding hydrogens is 491 g/mol. The highest BCUT2D eigenvalue weighted by atomic mass is 35.5. The van der Waals surface area contributed by atoms with Gasteiger partial charge in [0.1, 0.15) is 5.02 Å². The van der Waals surface area contributed by atoms with Crippen molar-refractivity contribution in [3.63, 3.8) is 0 Å². The minimum absolute atomic E-state index is 0.125. The number of hydrogen-bond acceptors (Lipinski definition) is 6.